The van der Waals surface area contributed by atoms with Gasteiger partial charge in [0.15, 0.2) is 0 Å². The van der Waals surface area contributed by atoms with Crippen molar-refractivity contribution in [1.82, 2.24) is 9.36 Å². The Morgan fingerprint density at radius 2 is 2.35 bits per heavy atom. The van der Waals surface area contributed by atoms with Crippen LogP contribution in [0.5, 0.6) is 0 Å². The molecule has 0 amide bonds. The Labute approximate surface area is 107 Å². The molecule has 1 aromatic heterocycles. The molecule has 4 nitrogen and oxygen atoms in total. The second-order valence-corrected chi connectivity index (χ2v) is 5.68. The normalized spacial score (nSPS) is 25.2. The van der Waals surface area contributed by atoms with E-state index in [1.54, 1.807) is 0 Å². The van der Waals surface area contributed by atoms with E-state index in [9.17, 15) is 0 Å². The van der Waals surface area contributed by atoms with Gasteiger partial charge >= 0.3 is 0 Å². The number of hydrogen-bond acceptors (Lipinski definition) is 5. The highest BCUT2D eigenvalue weighted by Gasteiger charge is 2.26. The van der Waals surface area contributed by atoms with Gasteiger partial charge in [-0.1, -0.05) is 13.8 Å². The number of nitrogens with zero attached hydrogens (tertiary/aromatic N) is 3. The van der Waals surface area contributed by atoms with Gasteiger partial charge in [-0.25, -0.2) is 4.98 Å². The van der Waals surface area contributed by atoms with Crippen molar-refractivity contribution in [3.8, 4) is 0 Å². The second-order valence-electron chi connectivity index (χ2n) is 4.95. The molecule has 0 saturated carbocycles. The molecule has 17 heavy (non-hydrogen) atoms. The molecule has 2 rings (SSSR count). The van der Waals surface area contributed by atoms with Crippen molar-refractivity contribution < 1.29 is 0 Å². The number of nitrogens with two attached hydrogens (primary N) is 1. The van der Waals surface area contributed by atoms with E-state index in [2.05, 4.69) is 28.1 Å². The number of hydrogen-bond donors (Lipinski definition) is 1. The third-order valence-corrected chi connectivity index (χ3v) is 4.43. The molecule has 0 aliphatic carbocycles. The summed E-state index contributed by atoms with van der Waals surface area (Å²) in [5.74, 6) is 2.33. The zero-order chi connectivity index (χ0) is 12.3. The summed E-state index contributed by atoms with van der Waals surface area (Å²) in [6, 6.07) is 0. The lowest BCUT2D eigenvalue weighted by Crippen LogP contribution is -2.42. The highest BCUT2D eigenvalue weighted by atomic mass is 32.1. The monoisotopic (exact) mass is 254 g/mol. The van der Waals surface area contributed by atoms with Crippen LogP contribution in [-0.2, 0) is 6.42 Å². The maximum atomic E-state index is 5.83. The number of aromatic nitrogens is 2. The van der Waals surface area contributed by atoms with E-state index in [0.717, 1.165) is 49.3 Å². The molecule has 2 heterocycles. The lowest BCUT2D eigenvalue weighted by molar-refractivity contribution is 0.307. The van der Waals surface area contributed by atoms with E-state index in [-0.39, 0.29) is 0 Å². The van der Waals surface area contributed by atoms with Gasteiger partial charge in [0, 0.05) is 31.0 Å². The zero-order valence-corrected chi connectivity index (χ0v) is 11.5. The molecular weight excluding hydrogens is 232 g/mol. The number of rotatable bonds is 4. The van der Waals surface area contributed by atoms with Crippen molar-refractivity contribution >= 4 is 16.7 Å². The molecule has 2 unspecified atom stereocenters. The maximum absolute atomic E-state index is 5.83. The first-order valence-corrected chi connectivity index (χ1v) is 7.29. The first-order chi connectivity index (χ1) is 8.24. The Hall–Kier alpha value is -0.680. The van der Waals surface area contributed by atoms with E-state index in [4.69, 9.17) is 5.73 Å². The molecule has 96 valence electrons. The molecule has 0 radical (unpaired) electrons. The molecule has 1 aliphatic rings. The van der Waals surface area contributed by atoms with E-state index in [1.807, 2.05) is 0 Å². The minimum absolute atomic E-state index is 0.599. The summed E-state index contributed by atoms with van der Waals surface area (Å²) in [6.45, 7) is 7.38. The highest BCUT2D eigenvalue weighted by molar-refractivity contribution is 7.09. The van der Waals surface area contributed by atoms with Crippen molar-refractivity contribution in [1.29, 1.82) is 0 Å². The Kier molecular flexibility index (Phi) is 4.34. The van der Waals surface area contributed by atoms with Gasteiger partial charge in [-0.05, 0) is 31.2 Å². The van der Waals surface area contributed by atoms with Gasteiger partial charge in [0.05, 0.1) is 0 Å². The minimum Gasteiger partial charge on any atom is -0.347 e. The third kappa shape index (κ3) is 2.96. The Morgan fingerprint density at radius 3 is 3.06 bits per heavy atom. The SMILES string of the molecule is CCCc1nsc(N2CCC(C)C(CN)C2)n1. The van der Waals surface area contributed by atoms with Crippen molar-refractivity contribution in [2.24, 2.45) is 17.6 Å². The largest absolute Gasteiger partial charge is 0.347 e. The summed E-state index contributed by atoms with van der Waals surface area (Å²) in [6.07, 6.45) is 3.31. The van der Waals surface area contributed by atoms with Crippen molar-refractivity contribution in [2.75, 3.05) is 24.5 Å². The van der Waals surface area contributed by atoms with Gasteiger partial charge in [0.25, 0.3) is 0 Å². The van der Waals surface area contributed by atoms with E-state index < -0.39 is 0 Å². The second kappa shape index (κ2) is 5.78. The van der Waals surface area contributed by atoms with Crippen LogP contribution in [0.15, 0.2) is 0 Å². The number of aryl methyl sites for hydroxylation is 1. The van der Waals surface area contributed by atoms with Gasteiger partial charge in [-0.2, -0.15) is 4.37 Å². The van der Waals surface area contributed by atoms with Crippen LogP contribution < -0.4 is 10.6 Å². The van der Waals surface area contributed by atoms with Gasteiger partial charge in [-0.15, -0.1) is 0 Å². The van der Waals surface area contributed by atoms with E-state index in [0.29, 0.717) is 5.92 Å². The molecule has 1 aliphatic heterocycles. The predicted octanol–water partition coefficient (Wildman–Crippen LogP) is 1.91. The number of piperidine rings is 1. The third-order valence-electron chi connectivity index (χ3n) is 3.62. The molecule has 1 fully saturated rings. The molecule has 2 atom stereocenters. The molecular formula is C12H22N4S. The van der Waals surface area contributed by atoms with E-state index in [1.165, 1.54) is 18.0 Å². The lowest BCUT2D eigenvalue weighted by Gasteiger charge is -2.36. The summed E-state index contributed by atoms with van der Waals surface area (Å²) in [5, 5.41) is 1.08. The van der Waals surface area contributed by atoms with Crippen molar-refractivity contribution in [3.63, 3.8) is 0 Å². The van der Waals surface area contributed by atoms with Gasteiger partial charge in [0.2, 0.25) is 5.13 Å². The Morgan fingerprint density at radius 1 is 1.53 bits per heavy atom. The molecule has 0 bridgehead atoms. The number of anilines is 1. The fourth-order valence-electron chi connectivity index (χ4n) is 2.33. The molecule has 0 spiro atoms. The summed E-state index contributed by atoms with van der Waals surface area (Å²) in [4.78, 5) is 6.97. The predicted molar refractivity (Wildman–Crippen MR) is 72.4 cm³/mol. The quantitative estimate of drug-likeness (QED) is 0.892. The van der Waals surface area contributed by atoms with Crippen LogP contribution in [0.4, 0.5) is 5.13 Å². The van der Waals surface area contributed by atoms with Gasteiger partial charge < -0.3 is 10.6 Å². The standard InChI is InChI=1S/C12H22N4S/c1-3-4-11-14-12(17-15-11)16-6-5-9(2)10(7-13)8-16/h9-10H,3-8,13H2,1-2H3. The fourth-order valence-corrected chi connectivity index (χ4v) is 3.08. The topological polar surface area (TPSA) is 55.0 Å². The highest BCUT2D eigenvalue weighted by Crippen LogP contribution is 2.27. The molecule has 0 aromatic carbocycles. The summed E-state index contributed by atoms with van der Waals surface area (Å²) < 4.78 is 4.41. The van der Waals surface area contributed by atoms with Crippen LogP contribution in [0.2, 0.25) is 0 Å². The van der Waals surface area contributed by atoms with E-state index >= 15 is 0 Å². The van der Waals surface area contributed by atoms with Gasteiger partial charge in [-0.3, -0.25) is 0 Å². The lowest BCUT2D eigenvalue weighted by atomic mass is 9.87. The Balaban J connectivity index is 2.01. The minimum atomic E-state index is 0.599. The Bertz CT molecular complexity index is 352. The maximum Gasteiger partial charge on any atom is 0.205 e. The van der Waals surface area contributed by atoms with Crippen LogP contribution in [0.1, 0.15) is 32.5 Å². The smallest absolute Gasteiger partial charge is 0.205 e. The fraction of sp³-hybridized carbons (Fsp3) is 0.833. The van der Waals surface area contributed by atoms with Crippen molar-refractivity contribution in [2.45, 2.75) is 33.1 Å². The molecule has 5 heteroatoms. The summed E-state index contributed by atoms with van der Waals surface area (Å²) in [7, 11) is 0. The first kappa shape index (κ1) is 12.8. The first-order valence-electron chi connectivity index (χ1n) is 6.52. The molecule has 1 saturated heterocycles. The van der Waals surface area contributed by atoms with Crippen LogP contribution in [0, 0.1) is 11.8 Å². The zero-order valence-electron chi connectivity index (χ0n) is 10.7. The summed E-state index contributed by atoms with van der Waals surface area (Å²) >= 11 is 1.53. The average Bonchev–Trinajstić information content (AvgIpc) is 2.79. The van der Waals surface area contributed by atoms with Crippen LogP contribution in [0.25, 0.3) is 0 Å². The average molecular weight is 254 g/mol. The molecule has 1 aromatic rings. The van der Waals surface area contributed by atoms with Crippen LogP contribution >= 0.6 is 11.5 Å². The van der Waals surface area contributed by atoms with Crippen LogP contribution in [0.3, 0.4) is 0 Å². The van der Waals surface area contributed by atoms with Crippen molar-refractivity contribution in [3.05, 3.63) is 5.82 Å². The molecule has 2 N–H and O–H groups in total. The van der Waals surface area contributed by atoms with Crippen LogP contribution in [-0.4, -0.2) is 29.0 Å². The van der Waals surface area contributed by atoms with Gasteiger partial charge in [0.1, 0.15) is 5.82 Å². The summed E-state index contributed by atoms with van der Waals surface area (Å²) in [5.41, 5.74) is 5.83.